The summed E-state index contributed by atoms with van der Waals surface area (Å²) in [5.41, 5.74) is 1.85. The molecule has 0 saturated carbocycles. The Morgan fingerprint density at radius 1 is 1.20 bits per heavy atom. The highest BCUT2D eigenvalue weighted by Gasteiger charge is 2.26. The molecule has 7 heteroatoms. The molecule has 0 N–H and O–H groups in total. The number of benzene rings is 1. The van der Waals surface area contributed by atoms with Crippen molar-refractivity contribution in [2.75, 3.05) is 6.54 Å². The van der Waals surface area contributed by atoms with E-state index in [1.54, 1.807) is 30.3 Å². The molecule has 3 aromatic rings. The maximum atomic E-state index is 13.4. The Morgan fingerprint density at radius 3 is 2.84 bits per heavy atom. The largest absolute Gasteiger partial charge is 0.329 e. The summed E-state index contributed by atoms with van der Waals surface area (Å²) >= 11 is 0. The fourth-order valence-electron chi connectivity index (χ4n) is 3.00. The van der Waals surface area contributed by atoms with E-state index < -0.39 is 0 Å². The zero-order chi connectivity index (χ0) is 17.4. The lowest BCUT2D eigenvalue weighted by molar-refractivity contribution is 0.0708. The Kier molecular flexibility index (Phi) is 3.76. The van der Waals surface area contributed by atoms with Crippen LogP contribution in [0, 0.1) is 12.7 Å². The van der Waals surface area contributed by atoms with Gasteiger partial charge in [-0.2, -0.15) is 0 Å². The molecule has 1 aliphatic rings. The third-order valence-corrected chi connectivity index (χ3v) is 4.37. The van der Waals surface area contributed by atoms with Gasteiger partial charge >= 0.3 is 0 Å². The highest BCUT2D eigenvalue weighted by molar-refractivity contribution is 5.94. The summed E-state index contributed by atoms with van der Waals surface area (Å²) in [5.74, 6) is 1.06. The number of amides is 1. The van der Waals surface area contributed by atoms with Gasteiger partial charge in [0.2, 0.25) is 0 Å². The van der Waals surface area contributed by atoms with Crippen LogP contribution in [0.1, 0.15) is 21.7 Å². The SMILES string of the molecule is Cc1cc(C(=O)N2CCn3c(nnc3-c3cccnc3)C2)ccc1F. The second-order valence-corrected chi connectivity index (χ2v) is 6.02. The number of pyridine rings is 1. The van der Waals surface area contributed by atoms with Crippen molar-refractivity contribution < 1.29 is 9.18 Å². The normalized spacial score (nSPS) is 13.6. The Balaban J connectivity index is 1.58. The third-order valence-electron chi connectivity index (χ3n) is 4.37. The zero-order valence-corrected chi connectivity index (χ0v) is 13.7. The zero-order valence-electron chi connectivity index (χ0n) is 13.7. The molecule has 0 atom stereocenters. The van der Waals surface area contributed by atoms with Crippen LogP contribution in [-0.2, 0) is 13.1 Å². The van der Waals surface area contributed by atoms with E-state index in [-0.39, 0.29) is 11.7 Å². The molecule has 0 spiro atoms. The number of nitrogens with zero attached hydrogens (tertiary/aromatic N) is 5. The Hall–Kier alpha value is -3.09. The fraction of sp³-hybridized carbons (Fsp3) is 0.222. The van der Waals surface area contributed by atoms with Crippen LogP contribution in [0.5, 0.6) is 0 Å². The van der Waals surface area contributed by atoms with Crippen LogP contribution >= 0.6 is 0 Å². The summed E-state index contributed by atoms with van der Waals surface area (Å²) < 4.78 is 15.4. The highest BCUT2D eigenvalue weighted by atomic mass is 19.1. The molecule has 126 valence electrons. The van der Waals surface area contributed by atoms with Crippen molar-refractivity contribution >= 4 is 5.91 Å². The van der Waals surface area contributed by atoms with Crippen LogP contribution in [-0.4, -0.2) is 37.1 Å². The summed E-state index contributed by atoms with van der Waals surface area (Å²) in [5, 5.41) is 8.47. The molecule has 4 rings (SSSR count). The first-order valence-corrected chi connectivity index (χ1v) is 8.01. The van der Waals surface area contributed by atoms with Crippen LogP contribution in [0.4, 0.5) is 4.39 Å². The molecule has 1 aliphatic heterocycles. The van der Waals surface area contributed by atoms with Gasteiger partial charge in [0.15, 0.2) is 11.6 Å². The third kappa shape index (κ3) is 2.77. The van der Waals surface area contributed by atoms with Crippen LogP contribution in [0.3, 0.4) is 0 Å². The van der Waals surface area contributed by atoms with Gasteiger partial charge in [0, 0.05) is 36.6 Å². The molecule has 1 amide bonds. The number of aryl methyl sites for hydroxylation is 1. The number of halogens is 1. The Bertz CT molecular complexity index is 938. The molecule has 25 heavy (non-hydrogen) atoms. The summed E-state index contributed by atoms with van der Waals surface area (Å²) in [4.78, 5) is 18.5. The van der Waals surface area contributed by atoms with Gasteiger partial charge in [-0.15, -0.1) is 10.2 Å². The summed E-state index contributed by atoms with van der Waals surface area (Å²) in [7, 11) is 0. The molecule has 0 aliphatic carbocycles. The minimum atomic E-state index is -0.309. The lowest BCUT2D eigenvalue weighted by Gasteiger charge is -2.28. The van der Waals surface area contributed by atoms with Gasteiger partial charge in [0.25, 0.3) is 5.91 Å². The number of fused-ring (bicyclic) bond motifs is 1. The van der Waals surface area contributed by atoms with E-state index in [0.29, 0.717) is 30.8 Å². The molecule has 2 aromatic heterocycles. The van der Waals surface area contributed by atoms with E-state index in [9.17, 15) is 9.18 Å². The van der Waals surface area contributed by atoms with Gasteiger partial charge in [-0.25, -0.2) is 4.39 Å². The summed E-state index contributed by atoms with van der Waals surface area (Å²) in [6.07, 6.45) is 3.46. The summed E-state index contributed by atoms with van der Waals surface area (Å²) in [6.45, 7) is 3.19. The summed E-state index contributed by atoms with van der Waals surface area (Å²) in [6, 6.07) is 8.22. The predicted octanol–water partition coefficient (Wildman–Crippen LogP) is 2.44. The molecule has 0 bridgehead atoms. The number of carbonyl (C=O) groups is 1. The Labute approximate surface area is 143 Å². The second kappa shape index (κ2) is 6.08. The van der Waals surface area contributed by atoms with Gasteiger partial charge in [-0.1, -0.05) is 0 Å². The van der Waals surface area contributed by atoms with Crippen molar-refractivity contribution in [3.63, 3.8) is 0 Å². The van der Waals surface area contributed by atoms with E-state index >= 15 is 0 Å². The average Bonchev–Trinajstić information content (AvgIpc) is 3.07. The second-order valence-electron chi connectivity index (χ2n) is 6.02. The molecule has 0 radical (unpaired) electrons. The van der Waals surface area contributed by atoms with Crippen LogP contribution in [0.15, 0.2) is 42.7 Å². The van der Waals surface area contributed by atoms with Crippen molar-refractivity contribution in [3.8, 4) is 11.4 Å². The molecule has 0 fully saturated rings. The van der Waals surface area contributed by atoms with Crippen molar-refractivity contribution in [2.45, 2.75) is 20.0 Å². The topological polar surface area (TPSA) is 63.9 Å². The van der Waals surface area contributed by atoms with Gasteiger partial charge in [0.05, 0.1) is 6.54 Å². The van der Waals surface area contributed by atoms with Crippen molar-refractivity contribution in [1.29, 1.82) is 0 Å². The number of carbonyl (C=O) groups excluding carboxylic acids is 1. The van der Waals surface area contributed by atoms with Crippen molar-refractivity contribution in [3.05, 3.63) is 65.5 Å². The number of rotatable bonds is 2. The van der Waals surface area contributed by atoms with Gasteiger partial charge in [-0.05, 0) is 42.8 Å². The first-order chi connectivity index (χ1) is 12.1. The van der Waals surface area contributed by atoms with Crippen LogP contribution in [0.25, 0.3) is 11.4 Å². The average molecular weight is 337 g/mol. The molecule has 6 nitrogen and oxygen atoms in total. The molecule has 0 saturated heterocycles. The molecule has 1 aromatic carbocycles. The quantitative estimate of drug-likeness (QED) is 0.720. The van der Waals surface area contributed by atoms with E-state index in [0.717, 1.165) is 17.2 Å². The van der Waals surface area contributed by atoms with Gasteiger partial charge < -0.3 is 9.47 Å². The van der Waals surface area contributed by atoms with Crippen LogP contribution in [0.2, 0.25) is 0 Å². The Morgan fingerprint density at radius 2 is 2.08 bits per heavy atom. The molecule has 0 unspecified atom stereocenters. The highest BCUT2D eigenvalue weighted by Crippen LogP contribution is 2.22. The van der Waals surface area contributed by atoms with Gasteiger partial charge in [-0.3, -0.25) is 9.78 Å². The van der Waals surface area contributed by atoms with E-state index in [1.165, 1.54) is 12.1 Å². The predicted molar refractivity (Wildman–Crippen MR) is 89.1 cm³/mol. The lowest BCUT2D eigenvalue weighted by atomic mass is 10.1. The first kappa shape index (κ1) is 15.4. The minimum absolute atomic E-state index is 0.125. The number of hydrogen-bond donors (Lipinski definition) is 0. The standard InChI is InChI=1S/C18H16FN5O/c1-12-9-13(4-5-15(12)19)18(25)23-7-8-24-16(11-23)21-22-17(24)14-3-2-6-20-10-14/h2-6,9-10H,7-8,11H2,1H3. The fourth-order valence-corrected chi connectivity index (χ4v) is 3.00. The van der Waals surface area contributed by atoms with Crippen molar-refractivity contribution in [2.24, 2.45) is 0 Å². The van der Waals surface area contributed by atoms with E-state index in [2.05, 4.69) is 15.2 Å². The van der Waals surface area contributed by atoms with E-state index in [1.807, 2.05) is 16.7 Å². The first-order valence-electron chi connectivity index (χ1n) is 8.01. The minimum Gasteiger partial charge on any atom is -0.329 e. The van der Waals surface area contributed by atoms with Crippen LogP contribution < -0.4 is 0 Å². The maximum absolute atomic E-state index is 13.4. The smallest absolute Gasteiger partial charge is 0.254 e. The van der Waals surface area contributed by atoms with E-state index in [4.69, 9.17) is 0 Å². The molecular weight excluding hydrogens is 321 g/mol. The van der Waals surface area contributed by atoms with Crippen molar-refractivity contribution in [1.82, 2.24) is 24.6 Å². The lowest BCUT2D eigenvalue weighted by Crippen LogP contribution is -2.38. The van der Waals surface area contributed by atoms with Gasteiger partial charge in [0.1, 0.15) is 5.82 Å². The number of aromatic nitrogens is 4. The number of hydrogen-bond acceptors (Lipinski definition) is 4. The molecular formula is C18H16FN5O. The monoisotopic (exact) mass is 337 g/mol. The maximum Gasteiger partial charge on any atom is 0.254 e. The molecule has 3 heterocycles.